The van der Waals surface area contributed by atoms with Crippen molar-refractivity contribution >= 4 is 0 Å². The van der Waals surface area contributed by atoms with Gasteiger partial charge in [-0.1, -0.05) is 0 Å². The molecule has 0 radical (unpaired) electrons. The first-order valence-electron chi connectivity index (χ1n) is 7.27. The lowest BCUT2D eigenvalue weighted by atomic mass is 9.72. The highest BCUT2D eigenvalue weighted by atomic mass is 16.5. The van der Waals surface area contributed by atoms with Gasteiger partial charge in [0.15, 0.2) is 0 Å². The third kappa shape index (κ3) is 4.68. The van der Waals surface area contributed by atoms with Crippen LogP contribution in [0.25, 0.3) is 0 Å². The SMILES string of the molecule is CCOC1CC(CN)(N(CCCOC)CCOC)C1. The molecule has 0 saturated heterocycles. The van der Waals surface area contributed by atoms with Gasteiger partial charge in [-0.25, -0.2) is 0 Å². The molecule has 0 aromatic rings. The maximum atomic E-state index is 6.03. The Hall–Kier alpha value is -0.200. The molecule has 0 bridgehead atoms. The molecular weight excluding hydrogens is 244 g/mol. The second kappa shape index (κ2) is 8.87. The van der Waals surface area contributed by atoms with Crippen molar-refractivity contribution in [2.75, 3.05) is 53.7 Å². The van der Waals surface area contributed by atoms with Gasteiger partial charge in [0.1, 0.15) is 0 Å². The average Bonchev–Trinajstić information content (AvgIpc) is 2.38. The predicted molar refractivity (Wildman–Crippen MR) is 76.4 cm³/mol. The fourth-order valence-electron chi connectivity index (χ4n) is 2.88. The van der Waals surface area contributed by atoms with Gasteiger partial charge in [0.05, 0.1) is 12.7 Å². The monoisotopic (exact) mass is 274 g/mol. The number of nitrogens with zero attached hydrogens (tertiary/aromatic N) is 1. The molecule has 2 N–H and O–H groups in total. The van der Waals surface area contributed by atoms with Crippen molar-refractivity contribution < 1.29 is 14.2 Å². The van der Waals surface area contributed by atoms with E-state index in [0.717, 1.165) is 52.2 Å². The molecule has 0 spiro atoms. The quantitative estimate of drug-likeness (QED) is 0.567. The zero-order valence-corrected chi connectivity index (χ0v) is 12.7. The third-order valence-electron chi connectivity index (χ3n) is 4.01. The Balaban J connectivity index is 2.50. The van der Waals surface area contributed by atoms with Crippen LogP contribution in [0.1, 0.15) is 26.2 Å². The molecule has 1 aliphatic carbocycles. The van der Waals surface area contributed by atoms with Crippen LogP contribution in [0.2, 0.25) is 0 Å². The molecule has 1 fully saturated rings. The number of hydrogen-bond acceptors (Lipinski definition) is 5. The standard InChI is InChI=1S/C14H30N2O3/c1-4-19-13-10-14(11-13,12-15)16(7-9-18-3)6-5-8-17-2/h13H,4-12,15H2,1-3H3. The van der Waals surface area contributed by atoms with Crippen LogP contribution in [0.5, 0.6) is 0 Å². The largest absolute Gasteiger partial charge is 0.385 e. The Morgan fingerprint density at radius 3 is 2.37 bits per heavy atom. The third-order valence-corrected chi connectivity index (χ3v) is 4.01. The van der Waals surface area contributed by atoms with Crippen molar-refractivity contribution in [3.05, 3.63) is 0 Å². The Bertz CT molecular complexity index is 233. The van der Waals surface area contributed by atoms with E-state index < -0.39 is 0 Å². The summed E-state index contributed by atoms with van der Waals surface area (Å²) in [5, 5.41) is 0. The van der Waals surface area contributed by atoms with Crippen LogP contribution in [0.3, 0.4) is 0 Å². The van der Waals surface area contributed by atoms with Gasteiger partial charge in [-0.2, -0.15) is 0 Å². The van der Waals surface area contributed by atoms with Gasteiger partial charge >= 0.3 is 0 Å². The van der Waals surface area contributed by atoms with E-state index in [1.165, 1.54) is 0 Å². The first kappa shape index (κ1) is 16.9. The smallest absolute Gasteiger partial charge is 0.0611 e. The van der Waals surface area contributed by atoms with Crippen molar-refractivity contribution in [2.24, 2.45) is 5.73 Å². The van der Waals surface area contributed by atoms with E-state index in [1.54, 1.807) is 14.2 Å². The highest BCUT2D eigenvalue weighted by Crippen LogP contribution is 2.39. The zero-order chi connectivity index (χ0) is 14.1. The molecule has 0 amide bonds. The van der Waals surface area contributed by atoms with E-state index in [2.05, 4.69) is 4.90 Å². The molecule has 0 aromatic carbocycles. The van der Waals surface area contributed by atoms with Crippen LogP contribution < -0.4 is 5.73 Å². The lowest BCUT2D eigenvalue weighted by molar-refractivity contribution is -0.105. The number of rotatable bonds is 11. The topological polar surface area (TPSA) is 57.0 Å². The lowest BCUT2D eigenvalue weighted by Crippen LogP contribution is -2.64. The number of hydrogen-bond donors (Lipinski definition) is 1. The summed E-state index contributed by atoms with van der Waals surface area (Å²) in [6.07, 6.45) is 3.48. The van der Waals surface area contributed by atoms with E-state index in [1.807, 2.05) is 6.92 Å². The molecule has 0 aromatic heterocycles. The van der Waals surface area contributed by atoms with Crippen LogP contribution >= 0.6 is 0 Å². The van der Waals surface area contributed by atoms with Crippen molar-refractivity contribution in [3.8, 4) is 0 Å². The van der Waals surface area contributed by atoms with Gasteiger partial charge in [-0.05, 0) is 26.2 Å². The average molecular weight is 274 g/mol. The molecular formula is C14H30N2O3. The van der Waals surface area contributed by atoms with Crippen LogP contribution in [-0.2, 0) is 14.2 Å². The Morgan fingerprint density at radius 2 is 1.84 bits per heavy atom. The summed E-state index contributed by atoms with van der Waals surface area (Å²) in [7, 11) is 3.49. The molecule has 1 rings (SSSR count). The van der Waals surface area contributed by atoms with Gasteiger partial charge in [-0.15, -0.1) is 0 Å². The summed E-state index contributed by atoms with van der Waals surface area (Å²) in [5.41, 5.74) is 6.14. The highest BCUT2D eigenvalue weighted by molar-refractivity contribution is 5.04. The molecule has 0 aliphatic heterocycles. The van der Waals surface area contributed by atoms with E-state index in [4.69, 9.17) is 19.9 Å². The Kier molecular flexibility index (Phi) is 7.87. The molecule has 19 heavy (non-hydrogen) atoms. The van der Waals surface area contributed by atoms with Crippen LogP contribution in [0.15, 0.2) is 0 Å². The van der Waals surface area contributed by atoms with E-state index in [-0.39, 0.29) is 5.54 Å². The summed E-state index contributed by atoms with van der Waals surface area (Å²) in [6, 6.07) is 0. The molecule has 1 aliphatic rings. The van der Waals surface area contributed by atoms with Gasteiger partial charge in [-0.3, -0.25) is 4.90 Å². The number of methoxy groups -OCH3 is 2. The number of ether oxygens (including phenoxy) is 3. The molecule has 5 nitrogen and oxygen atoms in total. The minimum Gasteiger partial charge on any atom is -0.385 e. The summed E-state index contributed by atoms with van der Waals surface area (Å²) in [4.78, 5) is 2.46. The minimum atomic E-state index is 0.103. The van der Waals surface area contributed by atoms with Crippen molar-refractivity contribution in [1.82, 2.24) is 4.90 Å². The molecule has 114 valence electrons. The van der Waals surface area contributed by atoms with Gasteiger partial charge in [0.25, 0.3) is 0 Å². The van der Waals surface area contributed by atoms with E-state index in [0.29, 0.717) is 12.6 Å². The molecule has 0 atom stereocenters. The van der Waals surface area contributed by atoms with E-state index >= 15 is 0 Å². The van der Waals surface area contributed by atoms with Crippen molar-refractivity contribution in [2.45, 2.75) is 37.8 Å². The molecule has 5 heteroatoms. The van der Waals surface area contributed by atoms with Crippen LogP contribution in [-0.4, -0.2) is 70.2 Å². The van der Waals surface area contributed by atoms with Crippen LogP contribution in [0.4, 0.5) is 0 Å². The second-order valence-corrected chi connectivity index (χ2v) is 5.24. The minimum absolute atomic E-state index is 0.103. The fraction of sp³-hybridized carbons (Fsp3) is 1.00. The maximum Gasteiger partial charge on any atom is 0.0611 e. The van der Waals surface area contributed by atoms with Crippen LogP contribution in [0, 0.1) is 0 Å². The predicted octanol–water partition coefficient (Wildman–Crippen LogP) is 0.868. The number of nitrogens with two attached hydrogens (primary N) is 1. The van der Waals surface area contributed by atoms with Crippen molar-refractivity contribution in [3.63, 3.8) is 0 Å². The van der Waals surface area contributed by atoms with Gasteiger partial charge in [0, 0.05) is 52.6 Å². The summed E-state index contributed by atoms with van der Waals surface area (Å²) in [5.74, 6) is 0. The van der Waals surface area contributed by atoms with Gasteiger partial charge < -0.3 is 19.9 Å². The highest BCUT2D eigenvalue weighted by Gasteiger charge is 2.47. The summed E-state index contributed by atoms with van der Waals surface area (Å²) < 4.78 is 16.0. The first-order chi connectivity index (χ1) is 9.22. The molecule has 0 heterocycles. The maximum absolute atomic E-state index is 6.03. The van der Waals surface area contributed by atoms with Gasteiger partial charge in [0.2, 0.25) is 0 Å². The summed E-state index contributed by atoms with van der Waals surface area (Å²) in [6.45, 7) is 6.99. The Morgan fingerprint density at radius 1 is 1.16 bits per heavy atom. The Labute approximate surface area is 117 Å². The fourth-order valence-corrected chi connectivity index (χ4v) is 2.88. The molecule has 0 unspecified atom stereocenters. The van der Waals surface area contributed by atoms with Crippen molar-refractivity contribution in [1.29, 1.82) is 0 Å². The second-order valence-electron chi connectivity index (χ2n) is 5.24. The summed E-state index contributed by atoms with van der Waals surface area (Å²) >= 11 is 0. The van der Waals surface area contributed by atoms with E-state index in [9.17, 15) is 0 Å². The first-order valence-corrected chi connectivity index (χ1v) is 7.27. The molecule has 1 saturated carbocycles. The zero-order valence-electron chi connectivity index (χ0n) is 12.7. The lowest BCUT2D eigenvalue weighted by Gasteiger charge is -2.53. The normalized spacial score (nSPS) is 26.7.